The molecule has 94 valence electrons. The van der Waals surface area contributed by atoms with Crippen LogP contribution in [0.1, 0.15) is 17.4 Å². The lowest BCUT2D eigenvalue weighted by Crippen LogP contribution is -1.95. The Morgan fingerprint density at radius 1 is 1.44 bits per heavy atom. The van der Waals surface area contributed by atoms with Gasteiger partial charge >= 0.3 is 0 Å². The number of hydrogen-bond donors (Lipinski definition) is 0. The third-order valence-electron chi connectivity index (χ3n) is 2.10. The first kappa shape index (κ1) is 13.1. The predicted molar refractivity (Wildman–Crippen MR) is 67.7 cm³/mol. The molecule has 2 aromatic heterocycles. The lowest BCUT2D eigenvalue weighted by molar-refractivity contribution is 0.417. The summed E-state index contributed by atoms with van der Waals surface area (Å²) < 4.78 is 29.0. The van der Waals surface area contributed by atoms with E-state index in [4.69, 9.17) is 0 Å². The summed E-state index contributed by atoms with van der Waals surface area (Å²) in [6.45, 7) is 0. The molecule has 0 radical (unpaired) electrons. The van der Waals surface area contributed by atoms with Gasteiger partial charge in [0.05, 0.1) is 17.1 Å². The number of halogens is 2. The Kier molecular flexibility index (Phi) is 4.77. The van der Waals surface area contributed by atoms with E-state index in [0.29, 0.717) is 0 Å². The fourth-order valence-electron chi connectivity index (χ4n) is 1.34. The lowest BCUT2D eigenvalue weighted by atomic mass is 10.2. The molecule has 0 bridgehead atoms. The third kappa shape index (κ3) is 3.85. The highest BCUT2D eigenvalue weighted by Crippen LogP contribution is 2.38. The van der Waals surface area contributed by atoms with Crippen LogP contribution in [0.3, 0.4) is 0 Å². The van der Waals surface area contributed by atoms with E-state index in [-0.39, 0.29) is 11.7 Å². The molecule has 1 unspecified atom stereocenters. The summed E-state index contributed by atoms with van der Waals surface area (Å²) in [7, 11) is 0. The highest BCUT2D eigenvalue weighted by molar-refractivity contribution is 8.01. The minimum absolute atomic E-state index is 0.157. The van der Waals surface area contributed by atoms with E-state index in [1.54, 1.807) is 18.5 Å². The SMILES string of the molecule is FC(F)=CCC(Sc1cnns1)c1ccccn1. The van der Waals surface area contributed by atoms with E-state index < -0.39 is 6.08 Å². The normalized spacial score (nSPS) is 12.1. The van der Waals surface area contributed by atoms with Crippen LogP contribution >= 0.6 is 23.3 Å². The van der Waals surface area contributed by atoms with Crippen LogP contribution in [0.15, 0.2) is 47.0 Å². The van der Waals surface area contributed by atoms with Crippen LogP contribution in [0, 0.1) is 0 Å². The van der Waals surface area contributed by atoms with Crippen molar-refractivity contribution in [3.05, 3.63) is 48.4 Å². The van der Waals surface area contributed by atoms with E-state index in [1.165, 1.54) is 23.3 Å². The van der Waals surface area contributed by atoms with Crippen LogP contribution in [0.25, 0.3) is 0 Å². The van der Waals surface area contributed by atoms with E-state index in [9.17, 15) is 8.78 Å². The van der Waals surface area contributed by atoms with Gasteiger partial charge in [0.25, 0.3) is 6.08 Å². The maximum atomic E-state index is 12.2. The molecule has 2 aromatic rings. The Labute approximate surface area is 111 Å². The maximum absolute atomic E-state index is 12.2. The molecule has 1 atom stereocenters. The first-order chi connectivity index (χ1) is 8.75. The van der Waals surface area contributed by atoms with Crippen LogP contribution in [0.4, 0.5) is 8.78 Å². The van der Waals surface area contributed by atoms with Gasteiger partial charge in [-0.3, -0.25) is 4.98 Å². The first-order valence-electron chi connectivity index (χ1n) is 5.12. The number of hydrogen-bond acceptors (Lipinski definition) is 5. The second-order valence-corrected chi connectivity index (χ2v) is 5.62. The number of pyridine rings is 1. The summed E-state index contributed by atoms with van der Waals surface area (Å²) in [5.74, 6) is 0. The molecule has 7 heteroatoms. The molecule has 0 aromatic carbocycles. The van der Waals surface area contributed by atoms with Gasteiger partial charge in [0.15, 0.2) is 0 Å². The van der Waals surface area contributed by atoms with Crippen LogP contribution in [-0.2, 0) is 0 Å². The summed E-state index contributed by atoms with van der Waals surface area (Å²) in [6, 6.07) is 5.47. The van der Waals surface area contributed by atoms with Gasteiger partial charge in [-0.05, 0) is 36.2 Å². The summed E-state index contributed by atoms with van der Waals surface area (Å²) in [6.07, 6.45) is 2.76. The first-order valence-corrected chi connectivity index (χ1v) is 6.77. The van der Waals surface area contributed by atoms with Crippen molar-refractivity contribution in [2.75, 3.05) is 0 Å². The summed E-state index contributed by atoms with van der Waals surface area (Å²) in [5, 5.41) is 3.57. The average Bonchev–Trinajstić information content (AvgIpc) is 2.88. The Morgan fingerprint density at radius 3 is 2.94 bits per heavy atom. The van der Waals surface area contributed by atoms with Crippen molar-refractivity contribution in [2.24, 2.45) is 0 Å². The van der Waals surface area contributed by atoms with Gasteiger partial charge in [0.2, 0.25) is 0 Å². The van der Waals surface area contributed by atoms with Gasteiger partial charge in [-0.15, -0.1) is 16.9 Å². The minimum atomic E-state index is -1.67. The summed E-state index contributed by atoms with van der Waals surface area (Å²) in [5.41, 5.74) is 0.772. The summed E-state index contributed by atoms with van der Waals surface area (Å²) in [4.78, 5) is 4.21. The highest BCUT2D eigenvalue weighted by atomic mass is 32.2. The molecule has 0 saturated heterocycles. The van der Waals surface area contributed by atoms with Gasteiger partial charge in [0, 0.05) is 6.20 Å². The van der Waals surface area contributed by atoms with E-state index >= 15 is 0 Å². The zero-order chi connectivity index (χ0) is 12.8. The fourth-order valence-corrected chi connectivity index (χ4v) is 3.07. The quantitative estimate of drug-likeness (QED) is 0.780. The zero-order valence-electron chi connectivity index (χ0n) is 9.16. The molecule has 0 aliphatic heterocycles. The Bertz CT molecular complexity index is 498. The van der Waals surface area contributed by atoms with Gasteiger partial charge in [-0.25, -0.2) is 0 Å². The molecular weight excluding hydrogens is 276 g/mol. The second kappa shape index (κ2) is 6.55. The van der Waals surface area contributed by atoms with Crippen molar-refractivity contribution >= 4 is 23.3 Å². The molecular formula is C11H9F2N3S2. The molecule has 3 nitrogen and oxygen atoms in total. The van der Waals surface area contributed by atoms with Crippen molar-refractivity contribution in [3.63, 3.8) is 0 Å². The van der Waals surface area contributed by atoms with Crippen molar-refractivity contribution in [3.8, 4) is 0 Å². The Hall–Kier alpha value is -1.34. The zero-order valence-corrected chi connectivity index (χ0v) is 10.8. The van der Waals surface area contributed by atoms with Crippen molar-refractivity contribution < 1.29 is 8.78 Å². The molecule has 18 heavy (non-hydrogen) atoms. The highest BCUT2D eigenvalue weighted by Gasteiger charge is 2.15. The maximum Gasteiger partial charge on any atom is 0.266 e. The molecule has 0 aliphatic rings. The molecule has 0 amide bonds. The van der Waals surface area contributed by atoms with Crippen molar-refractivity contribution in [2.45, 2.75) is 15.9 Å². The Morgan fingerprint density at radius 2 is 2.33 bits per heavy atom. The topological polar surface area (TPSA) is 38.7 Å². The van der Waals surface area contributed by atoms with E-state index in [1.807, 2.05) is 12.1 Å². The molecule has 0 spiro atoms. The molecule has 2 rings (SSSR count). The smallest absolute Gasteiger partial charge is 0.260 e. The van der Waals surface area contributed by atoms with E-state index in [2.05, 4.69) is 14.6 Å². The molecule has 0 fully saturated rings. The van der Waals surface area contributed by atoms with Crippen LogP contribution in [0.2, 0.25) is 0 Å². The minimum Gasteiger partial charge on any atom is -0.260 e. The summed E-state index contributed by atoms with van der Waals surface area (Å²) >= 11 is 2.69. The largest absolute Gasteiger partial charge is 0.266 e. The predicted octanol–water partition coefficient (Wildman–Crippen LogP) is 3.94. The third-order valence-corrected chi connectivity index (χ3v) is 4.13. The molecule has 0 aliphatic carbocycles. The fraction of sp³-hybridized carbons (Fsp3) is 0.182. The van der Waals surface area contributed by atoms with Gasteiger partial charge in [0.1, 0.15) is 4.21 Å². The van der Waals surface area contributed by atoms with Crippen LogP contribution in [0.5, 0.6) is 0 Å². The number of nitrogens with zero attached hydrogens (tertiary/aromatic N) is 3. The van der Waals surface area contributed by atoms with Gasteiger partial charge < -0.3 is 0 Å². The average molecular weight is 285 g/mol. The van der Waals surface area contributed by atoms with Crippen LogP contribution < -0.4 is 0 Å². The molecule has 0 N–H and O–H groups in total. The van der Waals surface area contributed by atoms with Gasteiger partial charge in [-0.2, -0.15) is 8.78 Å². The Balaban J connectivity index is 2.15. The van der Waals surface area contributed by atoms with Crippen LogP contribution in [-0.4, -0.2) is 14.6 Å². The molecule has 0 saturated carbocycles. The van der Waals surface area contributed by atoms with E-state index in [0.717, 1.165) is 16.0 Å². The van der Waals surface area contributed by atoms with Gasteiger partial charge in [-0.1, -0.05) is 10.6 Å². The van der Waals surface area contributed by atoms with Crippen molar-refractivity contribution in [1.82, 2.24) is 14.6 Å². The lowest BCUT2D eigenvalue weighted by Gasteiger charge is -2.11. The monoisotopic (exact) mass is 285 g/mol. The van der Waals surface area contributed by atoms with Crippen molar-refractivity contribution in [1.29, 1.82) is 0 Å². The number of rotatable bonds is 5. The standard InChI is InChI=1S/C11H9F2N3S2/c12-10(13)5-4-9(8-3-1-2-6-14-8)17-11-7-15-16-18-11/h1-3,5-7,9H,4H2. The second-order valence-electron chi connectivity index (χ2n) is 3.33. The molecule has 2 heterocycles. The number of allylic oxidation sites excluding steroid dienone is 1. The number of aromatic nitrogens is 3. The number of thioether (sulfide) groups is 1.